The number of aromatic amines is 1. The number of aromatic nitrogens is 3. The summed E-state index contributed by atoms with van der Waals surface area (Å²) in [4.78, 5) is 28.4. The zero-order chi connectivity index (χ0) is 20.1. The minimum atomic E-state index is -0.501. The molecule has 0 bridgehead atoms. The first-order valence-electron chi connectivity index (χ1n) is 8.81. The van der Waals surface area contributed by atoms with Gasteiger partial charge in [-0.3, -0.25) is 25.5 Å². The van der Waals surface area contributed by atoms with E-state index in [0.29, 0.717) is 5.69 Å². The molecule has 0 aliphatic carbocycles. The number of benzene rings is 2. The molecule has 146 valence electrons. The first-order chi connectivity index (χ1) is 14.2. The van der Waals surface area contributed by atoms with Crippen molar-refractivity contribution in [1.82, 2.24) is 26.0 Å². The van der Waals surface area contributed by atoms with Crippen molar-refractivity contribution >= 4 is 33.4 Å². The van der Waals surface area contributed by atoms with E-state index in [-0.39, 0.29) is 18.9 Å². The number of H-pyrrole nitrogens is 1. The largest absolute Gasteiger partial charge is 0.364 e. The molecule has 4 rings (SSSR count). The van der Waals surface area contributed by atoms with Crippen molar-refractivity contribution in [1.29, 1.82) is 0 Å². The lowest BCUT2D eigenvalue weighted by Crippen LogP contribution is -2.43. The highest BCUT2D eigenvalue weighted by atomic mass is 32.1. The van der Waals surface area contributed by atoms with Gasteiger partial charge in [0.1, 0.15) is 17.3 Å². The highest BCUT2D eigenvalue weighted by Gasteiger charge is 2.12. The molecule has 0 saturated heterocycles. The van der Waals surface area contributed by atoms with Gasteiger partial charge in [-0.15, -0.1) is 11.3 Å². The number of hydrogen-bond acceptors (Lipinski definition) is 6. The predicted octanol–water partition coefficient (Wildman–Crippen LogP) is 2.66. The van der Waals surface area contributed by atoms with Crippen molar-refractivity contribution in [3.8, 4) is 11.3 Å². The monoisotopic (exact) mass is 407 g/mol. The van der Waals surface area contributed by atoms with Gasteiger partial charge in [-0.25, -0.2) is 4.98 Å². The zero-order valence-corrected chi connectivity index (χ0v) is 16.0. The third-order valence-corrected chi connectivity index (χ3v) is 5.01. The summed E-state index contributed by atoms with van der Waals surface area (Å²) in [6.45, 7) is 0.0240. The second-order valence-electron chi connectivity index (χ2n) is 6.10. The lowest BCUT2D eigenvalue weighted by atomic mass is 10.1. The Morgan fingerprint density at radius 2 is 1.83 bits per heavy atom. The Balaban J connectivity index is 1.23. The maximum Gasteiger partial charge on any atom is 0.287 e. The second-order valence-corrected chi connectivity index (χ2v) is 7.22. The Kier molecular flexibility index (Phi) is 5.59. The van der Waals surface area contributed by atoms with Crippen LogP contribution < -0.4 is 10.9 Å². The number of rotatable bonds is 6. The smallest absolute Gasteiger partial charge is 0.287 e. The van der Waals surface area contributed by atoms with Crippen LogP contribution in [0, 0.1) is 0 Å². The summed E-state index contributed by atoms with van der Waals surface area (Å²) < 4.78 is 6.44. The molecule has 2 heterocycles. The number of thiazole rings is 1. The maximum atomic E-state index is 12.1. The minimum absolute atomic E-state index is 0.200. The summed E-state index contributed by atoms with van der Waals surface area (Å²) in [6, 6.07) is 18.9. The first kappa shape index (κ1) is 18.8. The van der Waals surface area contributed by atoms with E-state index in [1.54, 1.807) is 6.07 Å². The standard InChI is InChI=1S/C20H17N5O3S/c26-18(11-28-12-19-21-14-8-4-5-9-17(14)29-19)24-25-20(27)16-10-15(22-23-16)13-6-2-1-3-7-13/h1-10H,11-12H2,(H,22,23)(H,24,26)(H,25,27). The molecule has 0 saturated carbocycles. The molecule has 29 heavy (non-hydrogen) atoms. The van der Waals surface area contributed by atoms with E-state index < -0.39 is 11.8 Å². The molecule has 2 aromatic carbocycles. The number of carbonyl (C=O) groups excluding carboxylic acids is 2. The Morgan fingerprint density at radius 3 is 2.66 bits per heavy atom. The van der Waals surface area contributed by atoms with Gasteiger partial charge in [0.2, 0.25) is 0 Å². The van der Waals surface area contributed by atoms with E-state index in [0.717, 1.165) is 20.8 Å². The van der Waals surface area contributed by atoms with E-state index in [4.69, 9.17) is 4.74 Å². The zero-order valence-electron chi connectivity index (χ0n) is 15.2. The van der Waals surface area contributed by atoms with Crippen LogP contribution in [0.3, 0.4) is 0 Å². The van der Waals surface area contributed by atoms with Gasteiger partial charge < -0.3 is 4.74 Å². The molecule has 3 N–H and O–H groups in total. The fourth-order valence-corrected chi connectivity index (χ4v) is 3.54. The Morgan fingerprint density at radius 1 is 1.03 bits per heavy atom. The number of hydrogen-bond donors (Lipinski definition) is 3. The van der Waals surface area contributed by atoms with Crippen LogP contribution >= 0.6 is 11.3 Å². The number of nitrogens with zero attached hydrogens (tertiary/aromatic N) is 2. The van der Waals surface area contributed by atoms with Gasteiger partial charge in [0.05, 0.1) is 22.5 Å². The molecule has 0 spiro atoms. The van der Waals surface area contributed by atoms with Crippen LogP contribution in [0.25, 0.3) is 21.5 Å². The Labute approximate surface area is 169 Å². The number of para-hydroxylation sites is 1. The Bertz CT molecular complexity index is 1110. The highest BCUT2D eigenvalue weighted by Crippen LogP contribution is 2.21. The van der Waals surface area contributed by atoms with Crippen LogP contribution in [0.1, 0.15) is 15.5 Å². The molecular formula is C20H17N5O3S. The number of hydrazine groups is 1. The molecule has 2 amide bonds. The molecule has 0 aliphatic heterocycles. The SMILES string of the molecule is O=C(COCc1nc2ccccc2s1)NNC(=O)c1cc(-c2ccccc2)n[nH]1. The van der Waals surface area contributed by atoms with E-state index in [1.807, 2.05) is 54.6 Å². The molecule has 0 unspecified atom stereocenters. The fraction of sp³-hybridized carbons (Fsp3) is 0.100. The summed E-state index contributed by atoms with van der Waals surface area (Å²) in [7, 11) is 0. The number of amides is 2. The predicted molar refractivity (Wildman–Crippen MR) is 109 cm³/mol. The van der Waals surface area contributed by atoms with Crippen molar-refractivity contribution in [2.75, 3.05) is 6.61 Å². The number of carbonyl (C=O) groups is 2. The van der Waals surface area contributed by atoms with Crippen molar-refractivity contribution < 1.29 is 14.3 Å². The third-order valence-electron chi connectivity index (χ3n) is 4.00. The van der Waals surface area contributed by atoms with Gasteiger partial charge in [0, 0.05) is 5.56 Å². The number of nitrogens with one attached hydrogen (secondary N) is 3. The average molecular weight is 407 g/mol. The van der Waals surface area contributed by atoms with Crippen LogP contribution in [0.5, 0.6) is 0 Å². The molecule has 0 aliphatic rings. The minimum Gasteiger partial charge on any atom is -0.364 e. The van der Waals surface area contributed by atoms with Crippen LogP contribution in [0.4, 0.5) is 0 Å². The molecular weight excluding hydrogens is 390 g/mol. The van der Waals surface area contributed by atoms with Gasteiger partial charge in [0.15, 0.2) is 0 Å². The van der Waals surface area contributed by atoms with Gasteiger partial charge in [-0.1, -0.05) is 42.5 Å². The summed E-state index contributed by atoms with van der Waals surface area (Å²) in [5.41, 5.74) is 7.31. The van der Waals surface area contributed by atoms with Gasteiger partial charge >= 0.3 is 0 Å². The molecule has 0 atom stereocenters. The average Bonchev–Trinajstić information content (AvgIpc) is 3.40. The summed E-state index contributed by atoms with van der Waals surface area (Å²) in [6.07, 6.45) is 0. The van der Waals surface area contributed by atoms with E-state index in [9.17, 15) is 9.59 Å². The summed E-state index contributed by atoms with van der Waals surface area (Å²) >= 11 is 1.52. The van der Waals surface area contributed by atoms with Crippen molar-refractivity contribution in [2.24, 2.45) is 0 Å². The molecule has 9 heteroatoms. The first-order valence-corrected chi connectivity index (χ1v) is 9.63. The normalized spacial score (nSPS) is 10.8. The van der Waals surface area contributed by atoms with Crippen LogP contribution in [-0.2, 0) is 16.1 Å². The van der Waals surface area contributed by atoms with Crippen molar-refractivity contribution in [3.05, 3.63) is 71.4 Å². The van der Waals surface area contributed by atoms with Crippen LogP contribution in [-0.4, -0.2) is 33.6 Å². The fourth-order valence-electron chi connectivity index (χ4n) is 2.64. The highest BCUT2D eigenvalue weighted by molar-refractivity contribution is 7.18. The van der Waals surface area contributed by atoms with Gasteiger partial charge in [-0.05, 0) is 18.2 Å². The summed E-state index contributed by atoms with van der Waals surface area (Å²) in [5, 5.41) is 7.55. The number of fused-ring (bicyclic) bond motifs is 1. The summed E-state index contributed by atoms with van der Waals surface area (Å²) in [5.74, 6) is -0.971. The quantitative estimate of drug-likeness (QED) is 0.426. The van der Waals surface area contributed by atoms with Gasteiger partial charge in [0.25, 0.3) is 11.8 Å². The lowest BCUT2D eigenvalue weighted by Gasteiger charge is -2.06. The molecule has 0 fully saturated rings. The second kappa shape index (κ2) is 8.63. The van der Waals surface area contributed by atoms with Crippen LogP contribution in [0.15, 0.2) is 60.7 Å². The molecule has 4 aromatic rings. The van der Waals surface area contributed by atoms with E-state index in [1.165, 1.54) is 11.3 Å². The lowest BCUT2D eigenvalue weighted by molar-refractivity contribution is -0.126. The number of ether oxygens (including phenoxy) is 1. The molecule has 8 nitrogen and oxygen atoms in total. The van der Waals surface area contributed by atoms with Crippen molar-refractivity contribution in [2.45, 2.75) is 6.61 Å². The van der Waals surface area contributed by atoms with Gasteiger partial charge in [-0.2, -0.15) is 5.10 Å². The Hall–Kier alpha value is -3.56. The van der Waals surface area contributed by atoms with Crippen molar-refractivity contribution in [3.63, 3.8) is 0 Å². The third kappa shape index (κ3) is 4.65. The van der Waals surface area contributed by atoms with E-state index in [2.05, 4.69) is 26.0 Å². The van der Waals surface area contributed by atoms with E-state index >= 15 is 0 Å². The molecule has 0 radical (unpaired) electrons. The molecule has 2 aromatic heterocycles. The van der Waals surface area contributed by atoms with Crippen LogP contribution in [0.2, 0.25) is 0 Å². The maximum absolute atomic E-state index is 12.1. The topological polar surface area (TPSA) is 109 Å².